The van der Waals surface area contributed by atoms with Crippen molar-refractivity contribution < 1.29 is 23.8 Å². The van der Waals surface area contributed by atoms with E-state index in [2.05, 4.69) is 5.32 Å². The molecule has 0 bridgehead atoms. The van der Waals surface area contributed by atoms with Crippen LogP contribution in [0.3, 0.4) is 0 Å². The van der Waals surface area contributed by atoms with Crippen molar-refractivity contribution in [3.63, 3.8) is 0 Å². The number of alkyl halides is 2. The second kappa shape index (κ2) is 4.66. The fraction of sp³-hybridized carbons (Fsp3) is 0.923. The van der Waals surface area contributed by atoms with Crippen LogP contribution in [0.5, 0.6) is 0 Å². The van der Waals surface area contributed by atoms with Crippen LogP contribution >= 0.6 is 0 Å². The van der Waals surface area contributed by atoms with Gasteiger partial charge in [-0.05, 0) is 32.1 Å². The maximum absolute atomic E-state index is 13.9. The molecule has 0 aromatic carbocycles. The lowest BCUT2D eigenvalue weighted by molar-refractivity contribution is -0.216. The third-order valence-electron chi connectivity index (χ3n) is 4.80. The van der Waals surface area contributed by atoms with Crippen LogP contribution in [-0.2, 0) is 4.79 Å². The summed E-state index contributed by atoms with van der Waals surface area (Å²) in [4.78, 5) is 11.8. The highest BCUT2D eigenvalue weighted by Gasteiger charge is 2.61. The summed E-state index contributed by atoms with van der Waals surface area (Å²) in [6.07, 6.45) is 2.49. The van der Waals surface area contributed by atoms with Crippen molar-refractivity contribution in [2.45, 2.75) is 63.0 Å². The standard InChI is InChI=1S/C13H21F2NO3/c1-11(8-17)5-2-4-9(11)16-10(18)13(14,15)12(19)6-3-7-12/h9,17,19H,2-8H2,1H3,(H,16,18)/t9-,11+/m0/s1. The van der Waals surface area contributed by atoms with E-state index in [4.69, 9.17) is 0 Å². The lowest BCUT2D eigenvalue weighted by Gasteiger charge is -2.42. The molecule has 4 nitrogen and oxygen atoms in total. The fourth-order valence-corrected chi connectivity index (χ4v) is 2.95. The maximum Gasteiger partial charge on any atom is 0.352 e. The van der Waals surface area contributed by atoms with Crippen LogP contribution in [0.2, 0.25) is 0 Å². The van der Waals surface area contributed by atoms with Gasteiger partial charge in [0.2, 0.25) is 0 Å². The smallest absolute Gasteiger partial charge is 0.352 e. The molecule has 2 atom stereocenters. The molecule has 2 aliphatic carbocycles. The van der Waals surface area contributed by atoms with E-state index in [-0.39, 0.29) is 19.4 Å². The average molecular weight is 277 g/mol. The molecule has 2 rings (SSSR count). The number of carbonyl (C=O) groups excluding carboxylic acids is 1. The fourth-order valence-electron chi connectivity index (χ4n) is 2.95. The van der Waals surface area contributed by atoms with Gasteiger partial charge in [0.25, 0.3) is 5.91 Å². The van der Waals surface area contributed by atoms with Crippen molar-refractivity contribution in [3.05, 3.63) is 0 Å². The lowest BCUT2D eigenvalue weighted by atomic mass is 9.75. The number of rotatable bonds is 4. The molecule has 3 N–H and O–H groups in total. The molecule has 2 aliphatic rings. The zero-order chi connectivity index (χ0) is 14.3. The number of nitrogens with one attached hydrogen (secondary N) is 1. The van der Waals surface area contributed by atoms with Crippen LogP contribution in [0.4, 0.5) is 8.78 Å². The molecule has 0 heterocycles. The van der Waals surface area contributed by atoms with Crippen LogP contribution in [0.25, 0.3) is 0 Å². The summed E-state index contributed by atoms with van der Waals surface area (Å²) < 4.78 is 27.9. The Bertz CT molecular complexity index is 371. The third-order valence-corrected chi connectivity index (χ3v) is 4.80. The molecule has 2 fully saturated rings. The molecule has 6 heteroatoms. The van der Waals surface area contributed by atoms with Crippen LogP contribution in [0.1, 0.15) is 45.4 Å². The van der Waals surface area contributed by atoms with E-state index >= 15 is 0 Å². The Morgan fingerprint density at radius 2 is 2.00 bits per heavy atom. The molecular formula is C13H21F2NO3. The van der Waals surface area contributed by atoms with E-state index in [1.165, 1.54) is 0 Å². The Labute approximate surface area is 111 Å². The molecule has 2 saturated carbocycles. The van der Waals surface area contributed by atoms with Crippen LogP contribution < -0.4 is 5.32 Å². The number of aliphatic hydroxyl groups excluding tert-OH is 1. The number of amides is 1. The van der Waals surface area contributed by atoms with E-state index in [0.29, 0.717) is 19.3 Å². The van der Waals surface area contributed by atoms with E-state index in [9.17, 15) is 23.8 Å². The zero-order valence-corrected chi connectivity index (χ0v) is 11.1. The Morgan fingerprint density at radius 1 is 1.37 bits per heavy atom. The van der Waals surface area contributed by atoms with Crippen molar-refractivity contribution in [1.29, 1.82) is 0 Å². The summed E-state index contributed by atoms with van der Waals surface area (Å²) in [5.41, 5.74) is -2.74. The number of halogens is 2. The maximum atomic E-state index is 13.9. The normalized spacial score (nSPS) is 33.8. The molecule has 0 aromatic rings. The first-order valence-corrected chi connectivity index (χ1v) is 6.77. The minimum atomic E-state index is -3.76. The molecule has 19 heavy (non-hydrogen) atoms. The van der Waals surface area contributed by atoms with Crippen LogP contribution in [-0.4, -0.2) is 40.3 Å². The zero-order valence-electron chi connectivity index (χ0n) is 11.1. The molecule has 110 valence electrons. The Hall–Kier alpha value is -0.750. The molecule has 0 radical (unpaired) electrons. The minimum Gasteiger partial charge on any atom is -0.396 e. The van der Waals surface area contributed by atoms with E-state index in [1.54, 1.807) is 6.92 Å². The van der Waals surface area contributed by atoms with Crippen molar-refractivity contribution in [2.24, 2.45) is 5.41 Å². The molecule has 0 unspecified atom stereocenters. The minimum absolute atomic E-state index is 0.0463. The highest BCUT2D eigenvalue weighted by molar-refractivity contribution is 5.85. The molecule has 1 amide bonds. The molecule has 0 aromatic heterocycles. The second-order valence-corrected chi connectivity index (χ2v) is 6.19. The summed E-state index contributed by atoms with van der Waals surface area (Å²) in [5, 5.41) is 21.4. The van der Waals surface area contributed by atoms with Crippen LogP contribution in [0.15, 0.2) is 0 Å². The number of hydrogen-bond donors (Lipinski definition) is 3. The van der Waals surface area contributed by atoms with Gasteiger partial charge < -0.3 is 15.5 Å². The summed E-state index contributed by atoms with van der Waals surface area (Å²) in [7, 11) is 0. The Morgan fingerprint density at radius 3 is 2.47 bits per heavy atom. The molecule has 0 saturated heterocycles. The molecular weight excluding hydrogens is 256 g/mol. The van der Waals surface area contributed by atoms with Gasteiger partial charge in [0, 0.05) is 11.5 Å². The predicted octanol–water partition coefficient (Wildman–Crippen LogP) is 1.20. The monoisotopic (exact) mass is 277 g/mol. The summed E-state index contributed by atoms with van der Waals surface area (Å²) >= 11 is 0. The van der Waals surface area contributed by atoms with Gasteiger partial charge >= 0.3 is 5.92 Å². The summed E-state index contributed by atoms with van der Waals surface area (Å²) in [6, 6.07) is -0.459. The average Bonchev–Trinajstić information content (AvgIpc) is 2.68. The summed E-state index contributed by atoms with van der Waals surface area (Å²) in [5.74, 6) is -5.18. The highest BCUT2D eigenvalue weighted by atomic mass is 19.3. The number of aliphatic hydroxyl groups is 2. The van der Waals surface area contributed by atoms with Gasteiger partial charge in [-0.15, -0.1) is 0 Å². The second-order valence-electron chi connectivity index (χ2n) is 6.19. The van der Waals surface area contributed by atoms with Crippen molar-refractivity contribution in [1.82, 2.24) is 5.32 Å². The van der Waals surface area contributed by atoms with Crippen molar-refractivity contribution in [3.8, 4) is 0 Å². The topological polar surface area (TPSA) is 69.6 Å². The molecule has 0 spiro atoms. The molecule has 0 aliphatic heterocycles. The highest BCUT2D eigenvalue weighted by Crippen LogP contribution is 2.45. The van der Waals surface area contributed by atoms with E-state index in [0.717, 1.165) is 6.42 Å². The Balaban J connectivity index is 2.05. The number of carbonyl (C=O) groups is 1. The van der Waals surface area contributed by atoms with Gasteiger partial charge in [0.05, 0.1) is 6.61 Å². The quantitative estimate of drug-likeness (QED) is 0.723. The largest absolute Gasteiger partial charge is 0.396 e. The van der Waals surface area contributed by atoms with E-state index in [1.807, 2.05) is 0 Å². The van der Waals surface area contributed by atoms with Crippen LogP contribution in [0, 0.1) is 5.41 Å². The first-order chi connectivity index (χ1) is 8.75. The van der Waals surface area contributed by atoms with Gasteiger partial charge in [-0.25, -0.2) is 0 Å². The third kappa shape index (κ3) is 2.25. The van der Waals surface area contributed by atoms with Gasteiger partial charge in [0.1, 0.15) is 5.60 Å². The van der Waals surface area contributed by atoms with Gasteiger partial charge in [-0.3, -0.25) is 4.79 Å². The number of hydrogen-bond acceptors (Lipinski definition) is 3. The van der Waals surface area contributed by atoms with Crippen molar-refractivity contribution >= 4 is 5.91 Å². The Kier molecular flexibility index (Phi) is 3.60. The first kappa shape index (κ1) is 14.7. The van der Waals surface area contributed by atoms with Gasteiger partial charge in [-0.1, -0.05) is 13.3 Å². The van der Waals surface area contributed by atoms with Gasteiger partial charge in [0.15, 0.2) is 0 Å². The van der Waals surface area contributed by atoms with Gasteiger partial charge in [-0.2, -0.15) is 8.78 Å². The predicted molar refractivity (Wildman–Crippen MR) is 64.7 cm³/mol. The van der Waals surface area contributed by atoms with Crippen molar-refractivity contribution in [2.75, 3.05) is 6.61 Å². The first-order valence-electron chi connectivity index (χ1n) is 6.77. The lowest BCUT2D eigenvalue weighted by Crippen LogP contribution is -2.62. The SMILES string of the molecule is C[C@]1(CO)CCC[C@@H]1NC(=O)C(F)(F)C1(O)CCC1. The summed E-state index contributed by atoms with van der Waals surface area (Å²) in [6.45, 7) is 1.63. The van der Waals surface area contributed by atoms with E-state index < -0.39 is 28.9 Å².